The number of nitrogens with one attached hydrogen (secondary N) is 1. The number of hydrogen-bond acceptors (Lipinski definition) is 12. The first-order chi connectivity index (χ1) is 26.5. The number of amides is 1. The minimum Gasteiger partial charge on any atom is -0.497 e. The summed E-state index contributed by atoms with van der Waals surface area (Å²) in [7, 11) is -1.26. The Morgan fingerprint density at radius 1 is 0.889 bits per heavy atom. The highest BCUT2D eigenvalue weighted by molar-refractivity contribution is 7.91. The minimum atomic E-state index is -3.74. The number of carbonyl (C=O) groups is 2. The SMILES string of the molecule is [3H]C1C[C@H](OC(=O)CCC(=O)NC)[C@@H](COP(OCC[N+]#[C-])OCCS(=O)(=O)CCOC(c2ccccc2)(c2ccc(OC)cc2)c2ccc(OC)cc2)O1. The van der Waals surface area contributed by atoms with Crippen LogP contribution in [0.4, 0.5) is 0 Å². The van der Waals surface area contributed by atoms with Crippen LogP contribution >= 0.6 is 8.60 Å². The molecule has 1 heterocycles. The van der Waals surface area contributed by atoms with E-state index < -0.39 is 48.8 Å². The molecule has 0 bridgehead atoms. The van der Waals surface area contributed by atoms with Crippen molar-refractivity contribution in [1.29, 1.82) is 0 Å². The number of rotatable bonds is 23. The molecular weight excluding hydrogens is 739 g/mol. The van der Waals surface area contributed by atoms with E-state index in [2.05, 4.69) is 10.2 Å². The van der Waals surface area contributed by atoms with Gasteiger partial charge < -0.3 is 47.4 Å². The topological polar surface area (TPSA) is 159 Å². The van der Waals surface area contributed by atoms with E-state index in [9.17, 15) is 18.0 Å². The molecule has 1 aliphatic rings. The normalized spacial score (nSPS) is 17.9. The molecule has 1 amide bonds. The van der Waals surface area contributed by atoms with Gasteiger partial charge in [-0.2, -0.15) is 0 Å². The van der Waals surface area contributed by atoms with E-state index in [0.717, 1.165) is 16.7 Å². The third-order valence-corrected chi connectivity index (χ3v) is 11.1. The largest absolute Gasteiger partial charge is 0.497 e. The zero-order valence-corrected chi connectivity index (χ0v) is 32.2. The highest BCUT2D eigenvalue weighted by Crippen LogP contribution is 2.42. The molecule has 0 aliphatic carbocycles. The van der Waals surface area contributed by atoms with Crippen molar-refractivity contribution < 1.29 is 56.6 Å². The van der Waals surface area contributed by atoms with Crippen LogP contribution in [0, 0.1) is 6.57 Å². The standard InChI is InChI=1S/C38H47N2O12PS/c1-39-21-23-49-53(51-28-35-34(20-22-47-35)52-37(42)19-18-36(41)40-2)50-25-27-54(43,44)26-24-48-38(29-8-6-5-7-9-29,30-10-14-32(45-3)15-11-30)31-12-16-33(46-4)17-13-31/h5-17,34-35H,18-28H2,2-4H3,(H,40,41)/t34-,35+,53?/m0/s1/i22T/t22?,34-,35+,53?. The summed E-state index contributed by atoms with van der Waals surface area (Å²) in [5, 5.41) is 2.43. The first-order valence-corrected chi connectivity index (χ1v) is 20.1. The van der Waals surface area contributed by atoms with Crippen LogP contribution in [0.15, 0.2) is 78.9 Å². The molecule has 1 aliphatic heterocycles. The zero-order chi connectivity index (χ0) is 39.7. The van der Waals surface area contributed by atoms with Crippen LogP contribution in [0.3, 0.4) is 0 Å². The molecule has 292 valence electrons. The van der Waals surface area contributed by atoms with Crippen molar-refractivity contribution in [3.63, 3.8) is 0 Å². The van der Waals surface area contributed by atoms with Gasteiger partial charge in [-0.15, -0.1) is 0 Å². The van der Waals surface area contributed by atoms with Gasteiger partial charge in [0, 0.05) is 19.9 Å². The molecule has 2 unspecified atom stereocenters. The van der Waals surface area contributed by atoms with Crippen LogP contribution in [-0.2, 0) is 52.8 Å². The van der Waals surface area contributed by atoms with Crippen LogP contribution in [0.2, 0.25) is 0 Å². The van der Waals surface area contributed by atoms with E-state index in [4.69, 9.17) is 45.2 Å². The second-order valence-electron chi connectivity index (χ2n) is 11.9. The van der Waals surface area contributed by atoms with Gasteiger partial charge in [0.05, 0.1) is 59.9 Å². The predicted octanol–water partition coefficient (Wildman–Crippen LogP) is 4.85. The fourth-order valence-corrected chi connectivity index (χ4v) is 7.46. The van der Waals surface area contributed by atoms with Gasteiger partial charge in [-0.05, 0) is 41.0 Å². The molecule has 1 saturated heterocycles. The number of methoxy groups -OCH3 is 2. The lowest BCUT2D eigenvalue weighted by molar-refractivity contribution is -0.153. The molecule has 16 heteroatoms. The van der Waals surface area contributed by atoms with Crippen LogP contribution in [-0.4, -0.2) is 105 Å². The molecule has 4 rings (SSSR count). The Morgan fingerprint density at radius 2 is 1.48 bits per heavy atom. The molecule has 0 saturated carbocycles. The lowest BCUT2D eigenvalue weighted by Gasteiger charge is -2.36. The number of ether oxygens (including phenoxy) is 5. The summed E-state index contributed by atoms with van der Waals surface area (Å²) in [5.41, 5.74) is 1.11. The minimum absolute atomic E-state index is 0.0209. The molecule has 54 heavy (non-hydrogen) atoms. The average molecular weight is 789 g/mol. The second kappa shape index (κ2) is 21.7. The van der Waals surface area contributed by atoms with Crippen molar-refractivity contribution in [3.8, 4) is 11.5 Å². The molecule has 3 aromatic carbocycles. The Hall–Kier alpha value is -4.13. The predicted molar refractivity (Wildman–Crippen MR) is 201 cm³/mol. The van der Waals surface area contributed by atoms with Gasteiger partial charge >= 0.3 is 14.6 Å². The molecule has 1 N–H and O–H groups in total. The Kier molecular flexibility index (Phi) is 16.5. The number of benzene rings is 3. The highest BCUT2D eigenvalue weighted by Gasteiger charge is 2.38. The first-order valence-electron chi connectivity index (χ1n) is 17.8. The number of sulfone groups is 1. The van der Waals surface area contributed by atoms with Crippen LogP contribution in [0.25, 0.3) is 4.85 Å². The fourth-order valence-electron chi connectivity index (χ4n) is 5.50. The van der Waals surface area contributed by atoms with Crippen molar-refractivity contribution in [2.24, 2.45) is 0 Å². The molecule has 0 radical (unpaired) electrons. The van der Waals surface area contributed by atoms with Crippen LogP contribution in [0.1, 0.15) is 37.3 Å². The van der Waals surface area contributed by atoms with Gasteiger partial charge in [-0.25, -0.2) is 15.0 Å². The summed E-state index contributed by atoms with van der Waals surface area (Å²) < 4.78 is 80.3. The molecule has 1 fully saturated rings. The number of carbonyl (C=O) groups excluding carboxylic acids is 2. The van der Waals surface area contributed by atoms with E-state index in [1.807, 2.05) is 78.9 Å². The third-order valence-electron chi connectivity index (χ3n) is 8.35. The maximum absolute atomic E-state index is 13.4. The monoisotopic (exact) mass is 788 g/mol. The summed E-state index contributed by atoms with van der Waals surface area (Å²) in [6.07, 6.45) is -1.72. The van der Waals surface area contributed by atoms with E-state index in [-0.39, 0.29) is 69.6 Å². The molecular formula is C38H47N2O12PS. The fraction of sp³-hybridized carbons (Fsp3) is 0.447. The zero-order valence-electron chi connectivity index (χ0n) is 31.5. The highest BCUT2D eigenvalue weighted by atomic mass is 32.2. The quantitative estimate of drug-likeness (QED) is 0.0459. The molecule has 3 aromatic rings. The third kappa shape index (κ3) is 12.5. The first kappa shape index (κ1) is 41.0. The summed E-state index contributed by atoms with van der Waals surface area (Å²) in [6, 6.07) is 24.3. The number of esters is 1. The van der Waals surface area contributed by atoms with Gasteiger partial charge in [-0.1, -0.05) is 54.6 Å². The maximum Gasteiger partial charge on any atom is 0.333 e. The maximum atomic E-state index is 13.4. The van der Waals surface area contributed by atoms with Crippen molar-refractivity contribution in [3.05, 3.63) is 107 Å². The van der Waals surface area contributed by atoms with E-state index in [1.165, 1.54) is 7.05 Å². The Balaban J connectivity index is 1.41. The van der Waals surface area contributed by atoms with Crippen molar-refractivity contribution >= 4 is 30.3 Å². The molecule has 14 nitrogen and oxygen atoms in total. The van der Waals surface area contributed by atoms with Crippen molar-refractivity contribution in [2.75, 3.05) is 72.3 Å². The molecule has 4 atom stereocenters. The summed E-state index contributed by atoms with van der Waals surface area (Å²) in [4.78, 5) is 27.1. The van der Waals surface area contributed by atoms with Crippen molar-refractivity contribution in [2.45, 2.75) is 37.1 Å². The summed E-state index contributed by atoms with van der Waals surface area (Å²) in [6.45, 7) is 5.44. The summed E-state index contributed by atoms with van der Waals surface area (Å²) >= 11 is 0. The average Bonchev–Trinajstić information content (AvgIpc) is 3.55. The van der Waals surface area contributed by atoms with Crippen LogP contribution in [0.5, 0.6) is 11.5 Å². The van der Waals surface area contributed by atoms with Gasteiger partial charge in [-0.3, -0.25) is 9.59 Å². The van der Waals surface area contributed by atoms with E-state index >= 15 is 0 Å². The molecule has 0 aromatic heterocycles. The summed E-state index contributed by atoms with van der Waals surface area (Å²) in [5.74, 6) is -0.338. The Bertz CT molecular complexity index is 1750. The van der Waals surface area contributed by atoms with Crippen molar-refractivity contribution in [1.82, 2.24) is 5.32 Å². The Labute approximate surface area is 319 Å². The lowest BCUT2D eigenvalue weighted by atomic mass is 9.80. The lowest BCUT2D eigenvalue weighted by Crippen LogP contribution is -2.35. The number of hydrogen-bond donors (Lipinski definition) is 1. The molecule has 0 spiro atoms. The second-order valence-corrected chi connectivity index (χ2v) is 15.4. The Morgan fingerprint density at radius 3 is 2.07 bits per heavy atom. The van der Waals surface area contributed by atoms with Gasteiger partial charge in [0.15, 0.2) is 9.84 Å². The van der Waals surface area contributed by atoms with Crippen LogP contribution < -0.4 is 14.8 Å². The van der Waals surface area contributed by atoms with Gasteiger partial charge in [0.1, 0.15) is 35.9 Å². The van der Waals surface area contributed by atoms with Gasteiger partial charge in [0.2, 0.25) is 12.5 Å². The van der Waals surface area contributed by atoms with E-state index in [0.29, 0.717) is 11.5 Å². The smallest absolute Gasteiger partial charge is 0.333 e. The number of nitrogens with zero attached hydrogens (tertiary/aromatic N) is 1. The van der Waals surface area contributed by atoms with Gasteiger partial charge in [0.25, 0.3) is 0 Å². The van der Waals surface area contributed by atoms with E-state index in [1.54, 1.807) is 14.2 Å².